The van der Waals surface area contributed by atoms with Gasteiger partial charge >= 0.3 is 0 Å². The molecule has 0 aliphatic carbocycles. The van der Waals surface area contributed by atoms with Gasteiger partial charge in [0.05, 0.1) is 25.1 Å². The van der Waals surface area contributed by atoms with Crippen molar-refractivity contribution in [2.75, 3.05) is 31.6 Å². The van der Waals surface area contributed by atoms with Crippen molar-refractivity contribution in [3.8, 4) is 22.4 Å². The molecule has 10 heteroatoms. The Kier molecular flexibility index (Phi) is 6.95. The van der Waals surface area contributed by atoms with E-state index in [4.69, 9.17) is 4.74 Å². The molecular formula is C26H23ClN6O2S. The summed E-state index contributed by atoms with van der Waals surface area (Å²) in [5, 5.41) is 11.9. The third-order valence-electron chi connectivity index (χ3n) is 6.02. The summed E-state index contributed by atoms with van der Waals surface area (Å²) in [6.07, 6.45) is 3.90. The SMILES string of the molecule is Cl.O=C(c1cccc(-c2ccn3c(-c4cccc(Nc5nncs5)c4)cnc3c2)c1)N1CCOCC1. The molecule has 4 heterocycles. The summed E-state index contributed by atoms with van der Waals surface area (Å²) < 4.78 is 7.44. The van der Waals surface area contributed by atoms with Gasteiger partial charge in [0.25, 0.3) is 5.91 Å². The molecule has 1 amide bonds. The average Bonchev–Trinajstić information content (AvgIpc) is 3.58. The average molecular weight is 519 g/mol. The smallest absolute Gasteiger partial charge is 0.254 e. The third-order valence-corrected chi connectivity index (χ3v) is 6.63. The fourth-order valence-corrected chi connectivity index (χ4v) is 4.73. The van der Waals surface area contributed by atoms with Crippen molar-refractivity contribution in [3.05, 3.63) is 84.1 Å². The van der Waals surface area contributed by atoms with Gasteiger partial charge in [-0.3, -0.25) is 9.20 Å². The number of hydrogen-bond donors (Lipinski definition) is 1. The van der Waals surface area contributed by atoms with Crippen molar-refractivity contribution >= 4 is 46.1 Å². The molecule has 0 bridgehead atoms. The quantitative estimate of drug-likeness (QED) is 0.346. The fourth-order valence-electron chi connectivity index (χ4n) is 4.26. The number of pyridine rings is 1. The Balaban J connectivity index is 0.00000267. The Labute approximate surface area is 218 Å². The highest BCUT2D eigenvalue weighted by Gasteiger charge is 2.19. The minimum Gasteiger partial charge on any atom is -0.378 e. The highest BCUT2D eigenvalue weighted by molar-refractivity contribution is 7.13. The van der Waals surface area contributed by atoms with Crippen molar-refractivity contribution in [3.63, 3.8) is 0 Å². The predicted molar refractivity (Wildman–Crippen MR) is 143 cm³/mol. The number of benzene rings is 2. The predicted octanol–water partition coefficient (Wildman–Crippen LogP) is 5.16. The van der Waals surface area contributed by atoms with E-state index in [0.29, 0.717) is 31.9 Å². The van der Waals surface area contributed by atoms with Gasteiger partial charge in [-0.05, 0) is 47.5 Å². The second-order valence-electron chi connectivity index (χ2n) is 8.22. The molecule has 36 heavy (non-hydrogen) atoms. The van der Waals surface area contributed by atoms with Crippen LogP contribution < -0.4 is 5.32 Å². The number of carbonyl (C=O) groups excluding carboxylic acids is 1. The van der Waals surface area contributed by atoms with E-state index in [1.807, 2.05) is 59.8 Å². The third kappa shape index (κ3) is 4.81. The Morgan fingerprint density at radius 3 is 2.61 bits per heavy atom. The normalized spacial score (nSPS) is 13.4. The zero-order valence-electron chi connectivity index (χ0n) is 19.2. The molecule has 3 aromatic heterocycles. The molecule has 1 aliphatic heterocycles. The standard InChI is InChI=1S/C26H22N6O2S.ClH/c33-25(31-9-11-34-12-10-31)21-5-1-3-18(13-21)19-7-8-32-23(16-27-24(32)15-19)20-4-2-6-22(14-20)29-26-30-28-17-35-26;/h1-8,13-17H,9-12H2,(H,29,30);1H. The maximum absolute atomic E-state index is 12.9. The maximum Gasteiger partial charge on any atom is 0.254 e. The van der Waals surface area contributed by atoms with Gasteiger partial charge in [0.1, 0.15) is 11.2 Å². The largest absolute Gasteiger partial charge is 0.378 e. The number of hydrogen-bond acceptors (Lipinski definition) is 7. The first kappa shape index (κ1) is 23.9. The Morgan fingerprint density at radius 1 is 0.972 bits per heavy atom. The summed E-state index contributed by atoms with van der Waals surface area (Å²) in [6, 6.07) is 20.0. The molecule has 5 aromatic rings. The molecule has 1 N–H and O–H groups in total. The van der Waals surface area contributed by atoms with Crippen LogP contribution in [0.15, 0.2) is 78.6 Å². The number of nitrogens with zero attached hydrogens (tertiary/aromatic N) is 5. The lowest BCUT2D eigenvalue weighted by Gasteiger charge is -2.27. The molecule has 1 saturated heterocycles. The summed E-state index contributed by atoms with van der Waals surface area (Å²) in [5.41, 5.74) is 8.19. The number of fused-ring (bicyclic) bond motifs is 1. The van der Waals surface area contributed by atoms with Crippen LogP contribution >= 0.6 is 23.7 Å². The second kappa shape index (κ2) is 10.4. The molecule has 2 aromatic carbocycles. The number of amides is 1. The van der Waals surface area contributed by atoms with E-state index in [0.717, 1.165) is 38.9 Å². The van der Waals surface area contributed by atoms with Gasteiger partial charge in [-0.2, -0.15) is 0 Å². The van der Waals surface area contributed by atoms with Crippen LogP contribution in [0.4, 0.5) is 10.8 Å². The molecule has 0 saturated carbocycles. The topological polar surface area (TPSA) is 84.7 Å². The molecular weight excluding hydrogens is 496 g/mol. The number of nitrogens with one attached hydrogen (secondary N) is 1. The number of halogens is 1. The van der Waals surface area contributed by atoms with Crippen molar-refractivity contribution in [2.24, 2.45) is 0 Å². The highest BCUT2D eigenvalue weighted by Crippen LogP contribution is 2.28. The van der Waals surface area contributed by atoms with Crippen LogP contribution in [0.1, 0.15) is 10.4 Å². The summed E-state index contributed by atoms with van der Waals surface area (Å²) in [5.74, 6) is 0.0429. The van der Waals surface area contributed by atoms with Crippen LogP contribution in [0.5, 0.6) is 0 Å². The van der Waals surface area contributed by atoms with E-state index >= 15 is 0 Å². The highest BCUT2D eigenvalue weighted by atomic mass is 35.5. The fraction of sp³-hybridized carbons (Fsp3) is 0.154. The molecule has 0 spiro atoms. The summed E-state index contributed by atoms with van der Waals surface area (Å²) in [6.45, 7) is 2.43. The lowest BCUT2D eigenvalue weighted by atomic mass is 10.0. The van der Waals surface area contributed by atoms with E-state index in [9.17, 15) is 4.79 Å². The maximum atomic E-state index is 12.9. The number of morpholine rings is 1. The molecule has 182 valence electrons. The molecule has 0 radical (unpaired) electrons. The summed E-state index contributed by atoms with van der Waals surface area (Å²) in [4.78, 5) is 19.4. The van der Waals surface area contributed by atoms with E-state index in [-0.39, 0.29) is 18.3 Å². The van der Waals surface area contributed by atoms with E-state index in [2.05, 4.69) is 43.1 Å². The van der Waals surface area contributed by atoms with Crippen LogP contribution in [-0.4, -0.2) is 56.7 Å². The van der Waals surface area contributed by atoms with Crippen molar-refractivity contribution in [1.82, 2.24) is 24.5 Å². The van der Waals surface area contributed by atoms with Gasteiger partial charge in [0, 0.05) is 36.1 Å². The monoisotopic (exact) mass is 518 g/mol. The molecule has 8 nitrogen and oxygen atoms in total. The summed E-state index contributed by atoms with van der Waals surface area (Å²) in [7, 11) is 0. The first-order valence-corrected chi connectivity index (χ1v) is 12.2. The van der Waals surface area contributed by atoms with Gasteiger partial charge < -0.3 is 15.0 Å². The summed E-state index contributed by atoms with van der Waals surface area (Å²) >= 11 is 1.45. The number of imidazole rings is 1. The molecule has 0 unspecified atom stereocenters. The van der Waals surface area contributed by atoms with Gasteiger partial charge in [0.15, 0.2) is 0 Å². The first-order chi connectivity index (χ1) is 17.2. The zero-order valence-corrected chi connectivity index (χ0v) is 20.8. The van der Waals surface area contributed by atoms with Gasteiger partial charge in [0.2, 0.25) is 5.13 Å². The second-order valence-corrected chi connectivity index (χ2v) is 9.06. The Morgan fingerprint density at radius 2 is 1.78 bits per heavy atom. The zero-order chi connectivity index (χ0) is 23.6. The van der Waals surface area contributed by atoms with Gasteiger partial charge in [-0.1, -0.05) is 35.6 Å². The van der Waals surface area contributed by atoms with Crippen molar-refractivity contribution in [1.29, 1.82) is 0 Å². The van der Waals surface area contributed by atoms with Gasteiger partial charge in [-0.15, -0.1) is 22.6 Å². The number of aromatic nitrogens is 4. The number of carbonyl (C=O) groups is 1. The number of ether oxygens (including phenoxy) is 1. The molecule has 1 aliphatic rings. The molecule has 1 fully saturated rings. The minimum absolute atomic E-state index is 0. The van der Waals surface area contributed by atoms with Crippen LogP contribution in [-0.2, 0) is 4.74 Å². The first-order valence-electron chi connectivity index (χ1n) is 11.3. The van der Waals surface area contributed by atoms with E-state index < -0.39 is 0 Å². The Bertz CT molecular complexity index is 1500. The van der Waals surface area contributed by atoms with Crippen molar-refractivity contribution in [2.45, 2.75) is 0 Å². The van der Waals surface area contributed by atoms with E-state index in [1.54, 1.807) is 5.51 Å². The lowest BCUT2D eigenvalue weighted by molar-refractivity contribution is 0.0303. The van der Waals surface area contributed by atoms with Gasteiger partial charge in [-0.25, -0.2) is 4.98 Å². The van der Waals surface area contributed by atoms with Crippen LogP contribution in [0.3, 0.4) is 0 Å². The molecule has 0 atom stereocenters. The van der Waals surface area contributed by atoms with Crippen LogP contribution in [0, 0.1) is 0 Å². The number of anilines is 2. The van der Waals surface area contributed by atoms with Crippen LogP contribution in [0.25, 0.3) is 28.0 Å². The number of rotatable bonds is 5. The Hall–Kier alpha value is -3.79. The van der Waals surface area contributed by atoms with Crippen LogP contribution in [0.2, 0.25) is 0 Å². The minimum atomic E-state index is 0. The van der Waals surface area contributed by atoms with E-state index in [1.165, 1.54) is 11.3 Å². The van der Waals surface area contributed by atoms with Crippen molar-refractivity contribution < 1.29 is 9.53 Å². The molecule has 6 rings (SSSR count). The lowest BCUT2D eigenvalue weighted by Crippen LogP contribution is -2.40.